The van der Waals surface area contributed by atoms with Gasteiger partial charge in [0.2, 0.25) is 5.91 Å². The molecule has 0 aromatic rings. The van der Waals surface area contributed by atoms with Crippen LogP contribution < -0.4 is 5.32 Å². The molecule has 0 saturated carbocycles. The molecule has 0 bridgehead atoms. The van der Waals surface area contributed by atoms with Crippen molar-refractivity contribution in [2.45, 2.75) is 20.3 Å². The second-order valence-electron chi connectivity index (χ2n) is 3.05. The van der Waals surface area contributed by atoms with Crippen molar-refractivity contribution in [2.24, 2.45) is 5.41 Å². The van der Waals surface area contributed by atoms with Gasteiger partial charge >= 0.3 is 0 Å². The SMILES string of the molecule is CCC(C)(C#N)C(=O)NCCOC. The fourth-order valence-electron chi connectivity index (χ4n) is 0.752. The molecule has 0 fully saturated rings. The molecule has 1 unspecified atom stereocenters. The van der Waals surface area contributed by atoms with E-state index in [1.807, 2.05) is 13.0 Å². The Morgan fingerprint density at radius 1 is 1.69 bits per heavy atom. The van der Waals surface area contributed by atoms with Crippen LogP contribution in [0.4, 0.5) is 0 Å². The van der Waals surface area contributed by atoms with E-state index in [4.69, 9.17) is 10.00 Å². The van der Waals surface area contributed by atoms with E-state index in [1.54, 1.807) is 14.0 Å². The Morgan fingerprint density at radius 3 is 2.69 bits per heavy atom. The van der Waals surface area contributed by atoms with Crippen molar-refractivity contribution in [3.8, 4) is 6.07 Å². The summed E-state index contributed by atoms with van der Waals surface area (Å²) in [6, 6.07) is 2.00. The van der Waals surface area contributed by atoms with E-state index in [9.17, 15) is 4.79 Å². The van der Waals surface area contributed by atoms with E-state index in [0.29, 0.717) is 19.6 Å². The molecular formula is C9H16N2O2. The van der Waals surface area contributed by atoms with Crippen LogP contribution in [-0.2, 0) is 9.53 Å². The van der Waals surface area contributed by atoms with Gasteiger partial charge in [0.25, 0.3) is 0 Å². The van der Waals surface area contributed by atoms with Gasteiger partial charge in [0, 0.05) is 13.7 Å². The molecule has 0 aliphatic carbocycles. The zero-order valence-electron chi connectivity index (χ0n) is 8.39. The molecule has 13 heavy (non-hydrogen) atoms. The fourth-order valence-corrected chi connectivity index (χ4v) is 0.752. The summed E-state index contributed by atoms with van der Waals surface area (Å²) in [6.07, 6.45) is 0.516. The Morgan fingerprint density at radius 2 is 2.31 bits per heavy atom. The van der Waals surface area contributed by atoms with Crippen LogP contribution in [0.5, 0.6) is 0 Å². The third-order valence-electron chi connectivity index (χ3n) is 2.05. The number of carbonyl (C=O) groups is 1. The highest BCUT2D eigenvalue weighted by atomic mass is 16.5. The molecule has 0 saturated heterocycles. The van der Waals surface area contributed by atoms with Crippen LogP contribution in [0.15, 0.2) is 0 Å². The topological polar surface area (TPSA) is 62.1 Å². The highest BCUT2D eigenvalue weighted by Gasteiger charge is 2.30. The van der Waals surface area contributed by atoms with Crippen LogP contribution in [0.1, 0.15) is 20.3 Å². The van der Waals surface area contributed by atoms with Crippen LogP contribution in [0.25, 0.3) is 0 Å². The number of nitriles is 1. The zero-order valence-corrected chi connectivity index (χ0v) is 8.39. The number of carbonyl (C=O) groups excluding carboxylic acids is 1. The number of hydrogen-bond acceptors (Lipinski definition) is 3. The summed E-state index contributed by atoms with van der Waals surface area (Å²) in [4.78, 5) is 11.4. The van der Waals surface area contributed by atoms with E-state index >= 15 is 0 Å². The van der Waals surface area contributed by atoms with Gasteiger partial charge in [-0.25, -0.2) is 0 Å². The molecule has 0 aliphatic rings. The molecule has 0 spiro atoms. The predicted molar refractivity (Wildman–Crippen MR) is 48.9 cm³/mol. The molecule has 0 rings (SSSR count). The lowest BCUT2D eigenvalue weighted by atomic mass is 9.88. The number of hydrogen-bond donors (Lipinski definition) is 1. The first kappa shape index (κ1) is 11.9. The highest BCUT2D eigenvalue weighted by molar-refractivity contribution is 5.84. The largest absolute Gasteiger partial charge is 0.383 e. The van der Waals surface area contributed by atoms with Gasteiger partial charge in [-0.3, -0.25) is 4.79 Å². The number of amides is 1. The van der Waals surface area contributed by atoms with Crippen molar-refractivity contribution in [3.63, 3.8) is 0 Å². The smallest absolute Gasteiger partial charge is 0.240 e. The van der Waals surface area contributed by atoms with Gasteiger partial charge in [-0.1, -0.05) is 6.92 Å². The van der Waals surface area contributed by atoms with Gasteiger partial charge in [0.05, 0.1) is 12.7 Å². The molecule has 1 atom stereocenters. The van der Waals surface area contributed by atoms with Crippen molar-refractivity contribution < 1.29 is 9.53 Å². The second-order valence-corrected chi connectivity index (χ2v) is 3.05. The molecule has 0 aromatic carbocycles. The third kappa shape index (κ3) is 3.43. The van der Waals surface area contributed by atoms with Crippen molar-refractivity contribution in [1.29, 1.82) is 5.26 Å². The summed E-state index contributed by atoms with van der Waals surface area (Å²) in [7, 11) is 1.56. The average molecular weight is 184 g/mol. The number of nitrogens with zero attached hydrogens (tertiary/aromatic N) is 1. The monoisotopic (exact) mass is 184 g/mol. The highest BCUT2D eigenvalue weighted by Crippen LogP contribution is 2.19. The van der Waals surface area contributed by atoms with Crippen LogP contribution in [0.2, 0.25) is 0 Å². The van der Waals surface area contributed by atoms with E-state index in [0.717, 1.165) is 0 Å². The predicted octanol–water partition coefficient (Wildman–Crippen LogP) is 0.689. The standard InChI is InChI=1S/C9H16N2O2/c1-4-9(2,7-10)8(12)11-5-6-13-3/h4-6H2,1-3H3,(H,11,12). The van der Waals surface area contributed by atoms with Crippen LogP contribution in [-0.4, -0.2) is 26.2 Å². The van der Waals surface area contributed by atoms with Gasteiger partial charge in [0.1, 0.15) is 5.41 Å². The van der Waals surface area contributed by atoms with E-state index < -0.39 is 5.41 Å². The van der Waals surface area contributed by atoms with Crippen molar-refractivity contribution in [2.75, 3.05) is 20.3 Å². The van der Waals surface area contributed by atoms with Gasteiger partial charge in [-0.15, -0.1) is 0 Å². The second kappa shape index (κ2) is 5.55. The lowest BCUT2D eigenvalue weighted by Crippen LogP contribution is -2.39. The summed E-state index contributed by atoms with van der Waals surface area (Å²) in [5.41, 5.74) is -0.909. The van der Waals surface area contributed by atoms with Crippen LogP contribution >= 0.6 is 0 Å². The van der Waals surface area contributed by atoms with E-state index in [2.05, 4.69) is 5.32 Å². The Kier molecular flexibility index (Phi) is 5.09. The van der Waals surface area contributed by atoms with Crippen LogP contribution in [0.3, 0.4) is 0 Å². The molecule has 0 aliphatic heterocycles. The minimum absolute atomic E-state index is 0.227. The molecule has 0 radical (unpaired) electrons. The minimum Gasteiger partial charge on any atom is -0.383 e. The first-order valence-corrected chi connectivity index (χ1v) is 4.29. The summed E-state index contributed by atoms with van der Waals surface area (Å²) in [5.74, 6) is -0.227. The van der Waals surface area contributed by atoms with E-state index in [-0.39, 0.29) is 5.91 Å². The number of ether oxygens (including phenoxy) is 1. The van der Waals surface area contributed by atoms with Gasteiger partial charge in [-0.2, -0.15) is 5.26 Å². The lowest BCUT2D eigenvalue weighted by Gasteiger charge is -2.18. The molecule has 4 nitrogen and oxygen atoms in total. The maximum Gasteiger partial charge on any atom is 0.240 e. The Labute approximate surface area is 78.9 Å². The zero-order chi connectivity index (χ0) is 10.3. The summed E-state index contributed by atoms with van der Waals surface area (Å²) in [5, 5.41) is 11.4. The quantitative estimate of drug-likeness (QED) is 0.639. The third-order valence-corrected chi connectivity index (χ3v) is 2.05. The maximum absolute atomic E-state index is 11.4. The number of methoxy groups -OCH3 is 1. The first-order chi connectivity index (χ1) is 6.10. The maximum atomic E-state index is 11.4. The molecule has 74 valence electrons. The normalized spacial score (nSPS) is 14.3. The lowest BCUT2D eigenvalue weighted by molar-refractivity contribution is -0.127. The number of rotatable bonds is 5. The summed E-state index contributed by atoms with van der Waals surface area (Å²) >= 11 is 0. The minimum atomic E-state index is -0.909. The van der Waals surface area contributed by atoms with Gasteiger partial charge < -0.3 is 10.1 Å². The molecule has 1 amide bonds. The van der Waals surface area contributed by atoms with Gasteiger partial charge in [-0.05, 0) is 13.3 Å². The Bertz CT molecular complexity index is 210. The average Bonchev–Trinajstić information content (AvgIpc) is 2.17. The van der Waals surface area contributed by atoms with Crippen LogP contribution in [0, 0.1) is 16.7 Å². The van der Waals surface area contributed by atoms with Crippen molar-refractivity contribution >= 4 is 5.91 Å². The molecule has 1 N–H and O–H groups in total. The van der Waals surface area contributed by atoms with E-state index in [1.165, 1.54) is 0 Å². The Balaban J connectivity index is 4.02. The van der Waals surface area contributed by atoms with Gasteiger partial charge in [0.15, 0.2) is 0 Å². The molecule has 0 heterocycles. The first-order valence-electron chi connectivity index (χ1n) is 4.29. The molecule has 4 heteroatoms. The van der Waals surface area contributed by atoms with Crippen molar-refractivity contribution in [1.82, 2.24) is 5.32 Å². The Hall–Kier alpha value is -1.08. The fraction of sp³-hybridized carbons (Fsp3) is 0.778. The molecule has 0 aromatic heterocycles. The summed E-state index contributed by atoms with van der Waals surface area (Å²) in [6.45, 7) is 4.37. The summed E-state index contributed by atoms with van der Waals surface area (Å²) < 4.78 is 4.77. The number of nitrogens with one attached hydrogen (secondary N) is 1. The molecular weight excluding hydrogens is 168 g/mol. The van der Waals surface area contributed by atoms with Crippen molar-refractivity contribution in [3.05, 3.63) is 0 Å².